The summed E-state index contributed by atoms with van der Waals surface area (Å²) >= 11 is 0. The van der Waals surface area contributed by atoms with Gasteiger partial charge >= 0.3 is 6.18 Å². The zero-order chi connectivity index (χ0) is 17.8. The van der Waals surface area contributed by atoms with Crippen molar-refractivity contribution in [3.05, 3.63) is 29.6 Å². The number of sulfonamides is 1. The van der Waals surface area contributed by atoms with Crippen molar-refractivity contribution in [3.8, 4) is 0 Å². The van der Waals surface area contributed by atoms with E-state index in [2.05, 4.69) is 0 Å². The first-order valence-corrected chi connectivity index (χ1v) is 8.09. The molecule has 0 aliphatic rings. The average molecular weight is 356 g/mol. The van der Waals surface area contributed by atoms with Gasteiger partial charge in [0.25, 0.3) is 0 Å². The SMILES string of the molecule is CCCCN(CC(N)=O)S(=O)(=O)c1ccc(F)c(C(F)(F)F)c1. The van der Waals surface area contributed by atoms with Gasteiger partial charge in [0, 0.05) is 6.54 Å². The standard InChI is InChI=1S/C13H16F4N2O3S/c1-2-3-6-19(8-12(18)20)23(21,22)9-4-5-11(14)10(7-9)13(15,16)17/h4-5,7H,2-3,6,8H2,1H3,(H2,18,20). The zero-order valence-corrected chi connectivity index (χ0v) is 13.0. The maximum absolute atomic E-state index is 13.3. The van der Waals surface area contributed by atoms with Gasteiger partial charge in [-0.1, -0.05) is 13.3 Å². The molecular formula is C13H16F4N2O3S. The van der Waals surface area contributed by atoms with Gasteiger partial charge in [-0.2, -0.15) is 17.5 Å². The quantitative estimate of drug-likeness (QED) is 0.760. The second kappa shape index (κ2) is 7.26. The molecule has 0 bridgehead atoms. The number of primary amides is 1. The number of alkyl halides is 3. The van der Waals surface area contributed by atoms with Crippen LogP contribution in [-0.2, 0) is 21.0 Å². The lowest BCUT2D eigenvalue weighted by Crippen LogP contribution is -2.39. The molecule has 0 unspecified atom stereocenters. The van der Waals surface area contributed by atoms with Crippen LogP contribution in [0.15, 0.2) is 23.1 Å². The van der Waals surface area contributed by atoms with Gasteiger partial charge in [0.05, 0.1) is 17.0 Å². The summed E-state index contributed by atoms with van der Waals surface area (Å²) in [4.78, 5) is 10.3. The summed E-state index contributed by atoms with van der Waals surface area (Å²) in [6, 6.07) is 1.36. The van der Waals surface area contributed by atoms with E-state index in [9.17, 15) is 30.8 Å². The minimum absolute atomic E-state index is 0.0828. The lowest BCUT2D eigenvalue weighted by molar-refractivity contribution is -0.140. The number of hydrogen-bond acceptors (Lipinski definition) is 3. The minimum Gasteiger partial charge on any atom is -0.369 e. The van der Waals surface area contributed by atoms with Gasteiger partial charge in [-0.05, 0) is 24.6 Å². The molecule has 1 rings (SSSR count). The van der Waals surface area contributed by atoms with Crippen LogP contribution in [0.3, 0.4) is 0 Å². The molecule has 130 valence electrons. The van der Waals surface area contributed by atoms with E-state index in [1.54, 1.807) is 6.92 Å². The summed E-state index contributed by atoms with van der Waals surface area (Å²) in [5, 5.41) is 0. The average Bonchev–Trinajstić information content (AvgIpc) is 2.41. The van der Waals surface area contributed by atoms with Crippen LogP contribution in [0.1, 0.15) is 25.3 Å². The van der Waals surface area contributed by atoms with Crippen LogP contribution in [0.4, 0.5) is 17.6 Å². The summed E-state index contributed by atoms with van der Waals surface area (Å²) in [6.07, 6.45) is -4.05. The first-order valence-electron chi connectivity index (χ1n) is 6.65. The highest BCUT2D eigenvalue weighted by Gasteiger charge is 2.36. The number of hydrogen-bond donors (Lipinski definition) is 1. The third-order valence-corrected chi connectivity index (χ3v) is 4.82. The van der Waals surface area contributed by atoms with Crippen molar-refractivity contribution < 1.29 is 30.8 Å². The molecule has 1 aromatic carbocycles. The molecule has 0 spiro atoms. The molecule has 5 nitrogen and oxygen atoms in total. The highest BCUT2D eigenvalue weighted by atomic mass is 32.2. The van der Waals surface area contributed by atoms with Gasteiger partial charge in [-0.3, -0.25) is 4.79 Å². The van der Waals surface area contributed by atoms with Crippen LogP contribution in [0.2, 0.25) is 0 Å². The normalized spacial score (nSPS) is 12.6. The van der Waals surface area contributed by atoms with Crippen molar-refractivity contribution >= 4 is 15.9 Å². The van der Waals surface area contributed by atoms with Crippen molar-refractivity contribution in [3.63, 3.8) is 0 Å². The van der Waals surface area contributed by atoms with Gasteiger partial charge in [0.2, 0.25) is 15.9 Å². The smallest absolute Gasteiger partial charge is 0.369 e. The van der Waals surface area contributed by atoms with Crippen molar-refractivity contribution in [1.29, 1.82) is 0 Å². The molecule has 0 fully saturated rings. The van der Waals surface area contributed by atoms with Crippen LogP contribution in [-0.4, -0.2) is 31.7 Å². The second-order valence-electron chi connectivity index (χ2n) is 4.80. The molecule has 0 saturated heterocycles. The molecule has 0 radical (unpaired) electrons. The van der Waals surface area contributed by atoms with Crippen LogP contribution in [0.5, 0.6) is 0 Å². The monoisotopic (exact) mass is 356 g/mol. The second-order valence-corrected chi connectivity index (χ2v) is 6.74. The van der Waals surface area contributed by atoms with E-state index in [-0.39, 0.29) is 12.6 Å². The Morgan fingerprint density at radius 3 is 2.39 bits per heavy atom. The van der Waals surface area contributed by atoms with Crippen molar-refractivity contribution in [2.45, 2.75) is 30.8 Å². The predicted octanol–water partition coefficient (Wildman–Crippen LogP) is 2.12. The van der Waals surface area contributed by atoms with Gasteiger partial charge in [0.1, 0.15) is 5.82 Å². The summed E-state index contributed by atoms with van der Waals surface area (Å²) in [7, 11) is -4.40. The molecule has 1 aromatic rings. The summed E-state index contributed by atoms with van der Waals surface area (Å²) in [6.45, 7) is 1.02. The number of nitrogens with zero attached hydrogens (tertiary/aromatic N) is 1. The highest BCUT2D eigenvalue weighted by Crippen LogP contribution is 2.33. The van der Waals surface area contributed by atoms with Crippen LogP contribution < -0.4 is 5.73 Å². The minimum atomic E-state index is -5.03. The van der Waals surface area contributed by atoms with E-state index < -0.39 is 44.9 Å². The van der Waals surface area contributed by atoms with E-state index in [1.165, 1.54) is 0 Å². The highest BCUT2D eigenvalue weighted by molar-refractivity contribution is 7.89. The Morgan fingerprint density at radius 2 is 1.91 bits per heavy atom. The summed E-state index contributed by atoms with van der Waals surface area (Å²) < 4.78 is 76.9. The molecule has 0 aliphatic carbocycles. The third-order valence-electron chi connectivity index (χ3n) is 2.97. The topological polar surface area (TPSA) is 80.5 Å². The zero-order valence-electron chi connectivity index (χ0n) is 12.2. The number of amides is 1. The maximum atomic E-state index is 13.3. The predicted molar refractivity (Wildman–Crippen MR) is 74.3 cm³/mol. The van der Waals surface area contributed by atoms with Gasteiger partial charge < -0.3 is 5.73 Å². The van der Waals surface area contributed by atoms with Crippen LogP contribution in [0.25, 0.3) is 0 Å². The third kappa shape index (κ3) is 4.90. The fourth-order valence-corrected chi connectivity index (χ4v) is 3.30. The van der Waals surface area contributed by atoms with Crippen LogP contribution in [0, 0.1) is 5.82 Å². The molecule has 1 amide bonds. The fourth-order valence-electron chi connectivity index (χ4n) is 1.82. The molecule has 10 heteroatoms. The van der Waals surface area contributed by atoms with E-state index in [0.717, 1.165) is 6.07 Å². The lowest BCUT2D eigenvalue weighted by atomic mass is 10.2. The molecular weight excluding hydrogens is 340 g/mol. The Kier molecular flexibility index (Phi) is 6.11. The van der Waals surface area contributed by atoms with Gasteiger partial charge in [0.15, 0.2) is 0 Å². The number of nitrogens with two attached hydrogens (primary N) is 1. The molecule has 2 N–H and O–H groups in total. The van der Waals surface area contributed by atoms with Gasteiger partial charge in [-0.15, -0.1) is 0 Å². The Morgan fingerprint density at radius 1 is 1.30 bits per heavy atom. The Bertz CT molecular complexity index is 674. The number of unbranched alkanes of at least 4 members (excludes halogenated alkanes) is 1. The first kappa shape index (κ1) is 19.4. The molecule has 0 atom stereocenters. The van der Waals surface area contributed by atoms with Crippen molar-refractivity contribution in [2.75, 3.05) is 13.1 Å². The van der Waals surface area contributed by atoms with E-state index in [4.69, 9.17) is 5.73 Å². The van der Waals surface area contributed by atoms with E-state index >= 15 is 0 Å². The fraction of sp³-hybridized carbons (Fsp3) is 0.462. The lowest BCUT2D eigenvalue weighted by Gasteiger charge is -2.21. The molecule has 0 aromatic heterocycles. The molecule has 0 saturated carbocycles. The molecule has 0 aliphatic heterocycles. The number of benzene rings is 1. The Hall–Kier alpha value is -1.68. The maximum Gasteiger partial charge on any atom is 0.419 e. The first-order chi connectivity index (χ1) is 10.5. The van der Waals surface area contributed by atoms with Crippen molar-refractivity contribution in [1.82, 2.24) is 4.31 Å². The number of carbonyl (C=O) groups is 1. The molecule has 23 heavy (non-hydrogen) atoms. The Balaban J connectivity index is 3.31. The number of rotatable bonds is 7. The van der Waals surface area contributed by atoms with Gasteiger partial charge in [-0.25, -0.2) is 12.8 Å². The summed E-state index contributed by atoms with van der Waals surface area (Å²) in [5.74, 6) is -2.52. The largest absolute Gasteiger partial charge is 0.419 e. The van der Waals surface area contributed by atoms with E-state index in [0.29, 0.717) is 23.2 Å². The number of carbonyl (C=O) groups excluding carboxylic acids is 1. The van der Waals surface area contributed by atoms with Crippen LogP contribution >= 0.6 is 0 Å². The number of halogens is 4. The van der Waals surface area contributed by atoms with E-state index in [1.807, 2.05) is 0 Å². The summed E-state index contributed by atoms with van der Waals surface area (Å²) in [5.41, 5.74) is 3.29. The van der Waals surface area contributed by atoms with Crippen molar-refractivity contribution in [2.24, 2.45) is 5.73 Å². The Labute approximate surface area is 131 Å². The molecule has 0 heterocycles.